The van der Waals surface area contributed by atoms with Crippen molar-refractivity contribution < 1.29 is 14.3 Å². The molecule has 0 spiro atoms. The molecule has 0 aliphatic heterocycles. The lowest BCUT2D eigenvalue weighted by molar-refractivity contribution is -0.160. The number of ether oxygens (including phenoxy) is 1. The zero-order chi connectivity index (χ0) is 17.1. The topological polar surface area (TPSA) is 43.4 Å². The monoisotopic (exact) mass is 332 g/mol. The van der Waals surface area contributed by atoms with Crippen molar-refractivity contribution in [3.63, 3.8) is 0 Å². The van der Waals surface area contributed by atoms with E-state index in [2.05, 4.69) is 13.8 Å². The molecular formula is C21H32O3. The summed E-state index contributed by atoms with van der Waals surface area (Å²) in [6.07, 6.45) is 10.2. The first-order valence-corrected chi connectivity index (χ1v) is 10.0. The summed E-state index contributed by atoms with van der Waals surface area (Å²) in [6, 6.07) is 0. The molecule has 0 aromatic heterocycles. The van der Waals surface area contributed by atoms with Gasteiger partial charge in [-0.05, 0) is 80.5 Å². The molecule has 24 heavy (non-hydrogen) atoms. The maximum atomic E-state index is 12.5. The number of rotatable bonds is 1. The molecule has 134 valence electrons. The fourth-order valence-electron chi connectivity index (χ4n) is 7.33. The zero-order valence-electron chi connectivity index (χ0n) is 15.5. The van der Waals surface area contributed by atoms with Crippen LogP contribution in [0.5, 0.6) is 0 Å². The average molecular weight is 332 g/mol. The van der Waals surface area contributed by atoms with Gasteiger partial charge in [0.05, 0.1) is 0 Å². The van der Waals surface area contributed by atoms with E-state index in [1.807, 2.05) is 0 Å². The van der Waals surface area contributed by atoms with Gasteiger partial charge in [-0.1, -0.05) is 13.8 Å². The van der Waals surface area contributed by atoms with E-state index >= 15 is 0 Å². The predicted octanol–water partition coefficient (Wildman–Crippen LogP) is 4.53. The maximum absolute atomic E-state index is 12.5. The van der Waals surface area contributed by atoms with Gasteiger partial charge in [-0.2, -0.15) is 0 Å². The van der Waals surface area contributed by atoms with Gasteiger partial charge in [0.25, 0.3) is 0 Å². The Hall–Kier alpha value is -0.860. The van der Waals surface area contributed by atoms with Gasteiger partial charge in [0.1, 0.15) is 11.9 Å². The standard InChI is InChI=1S/C21H32O3/c1-13(22)24-15-8-10-20(2)14(12-15)4-5-16-17-6-7-19(23)21(17,3)11-9-18(16)20/h14-18H,4-12H2,1-3H3/t14-,15+,16+,17+,18+,20-,21+/m0/s1. The average Bonchev–Trinajstić information content (AvgIpc) is 2.83. The Labute approximate surface area is 145 Å². The number of carbonyl (C=O) groups is 2. The molecule has 0 saturated heterocycles. The third-order valence-corrected chi connectivity index (χ3v) is 8.66. The van der Waals surface area contributed by atoms with E-state index in [0.717, 1.165) is 43.9 Å². The van der Waals surface area contributed by atoms with Crippen molar-refractivity contribution in [2.45, 2.75) is 84.7 Å². The lowest BCUT2D eigenvalue weighted by Gasteiger charge is -2.60. The first-order chi connectivity index (χ1) is 11.3. The maximum Gasteiger partial charge on any atom is 0.302 e. The smallest absolute Gasteiger partial charge is 0.302 e. The van der Waals surface area contributed by atoms with Crippen molar-refractivity contribution >= 4 is 11.8 Å². The number of ketones is 1. The summed E-state index contributed by atoms with van der Waals surface area (Å²) in [4.78, 5) is 23.8. The highest BCUT2D eigenvalue weighted by molar-refractivity contribution is 5.87. The number of Topliss-reactive ketones (excluding diaryl/α,β-unsaturated/α-hetero) is 1. The molecule has 4 saturated carbocycles. The fourth-order valence-corrected chi connectivity index (χ4v) is 7.33. The van der Waals surface area contributed by atoms with Gasteiger partial charge >= 0.3 is 5.97 Å². The Morgan fingerprint density at radius 1 is 1.04 bits per heavy atom. The van der Waals surface area contributed by atoms with Crippen molar-refractivity contribution in [1.29, 1.82) is 0 Å². The van der Waals surface area contributed by atoms with Crippen LogP contribution >= 0.6 is 0 Å². The van der Waals surface area contributed by atoms with Crippen molar-refractivity contribution in [2.24, 2.45) is 34.5 Å². The minimum absolute atomic E-state index is 0.0146. The van der Waals surface area contributed by atoms with E-state index in [1.54, 1.807) is 0 Å². The van der Waals surface area contributed by atoms with E-state index in [9.17, 15) is 9.59 Å². The van der Waals surface area contributed by atoms with Crippen LogP contribution in [0.2, 0.25) is 0 Å². The summed E-state index contributed by atoms with van der Waals surface area (Å²) in [5.74, 6) is 3.26. The highest BCUT2D eigenvalue weighted by atomic mass is 16.5. The molecule has 0 N–H and O–H groups in total. The van der Waals surface area contributed by atoms with Crippen LogP contribution in [0, 0.1) is 34.5 Å². The summed E-state index contributed by atoms with van der Waals surface area (Å²) in [5.41, 5.74) is 0.381. The lowest BCUT2D eigenvalue weighted by Crippen LogP contribution is -2.54. The fraction of sp³-hybridized carbons (Fsp3) is 0.905. The van der Waals surface area contributed by atoms with Gasteiger partial charge in [0.15, 0.2) is 0 Å². The van der Waals surface area contributed by atoms with Gasteiger partial charge in [-0.15, -0.1) is 0 Å². The zero-order valence-corrected chi connectivity index (χ0v) is 15.5. The molecule has 0 heterocycles. The summed E-state index contributed by atoms with van der Waals surface area (Å²) in [7, 11) is 0. The minimum Gasteiger partial charge on any atom is -0.463 e. The lowest BCUT2D eigenvalue weighted by atomic mass is 9.45. The van der Waals surface area contributed by atoms with Crippen LogP contribution in [0.1, 0.15) is 78.6 Å². The van der Waals surface area contributed by atoms with Crippen molar-refractivity contribution in [3.8, 4) is 0 Å². The minimum atomic E-state index is -0.129. The molecule has 0 aromatic carbocycles. The van der Waals surface area contributed by atoms with Crippen molar-refractivity contribution in [3.05, 3.63) is 0 Å². The summed E-state index contributed by atoms with van der Waals surface area (Å²) < 4.78 is 5.54. The van der Waals surface area contributed by atoms with Gasteiger partial charge in [-0.25, -0.2) is 0 Å². The Morgan fingerprint density at radius 2 is 1.83 bits per heavy atom. The van der Waals surface area contributed by atoms with Crippen LogP contribution in [0.15, 0.2) is 0 Å². The normalized spacial score (nSPS) is 50.6. The molecule has 0 radical (unpaired) electrons. The number of esters is 1. The highest BCUT2D eigenvalue weighted by Gasteiger charge is 2.60. The third-order valence-electron chi connectivity index (χ3n) is 8.66. The Kier molecular flexibility index (Phi) is 3.85. The SMILES string of the molecule is CC(=O)O[C@@H]1CC[C@@]2(C)[C@@H](CC[C@H]3[C@H]2CC[C@@]2(C)C(=O)CC[C@H]32)C1. The summed E-state index contributed by atoms with van der Waals surface area (Å²) in [6.45, 7) is 6.30. The van der Waals surface area contributed by atoms with E-state index in [4.69, 9.17) is 4.74 Å². The van der Waals surface area contributed by atoms with Crippen LogP contribution in [0.25, 0.3) is 0 Å². The van der Waals surface area contributed by atoms with E-state index < -0.39 is 0 Å². The molecular weight excluding hydrogens is 300 g/mol. The highest BCUT2D eigenvalue weighted by Crippen LogP contribution is 2.65. The molecule has 7 atom stereocenters. The third kappa shape index (κ3) is 2.29. The number of hydrogen-bond acceptors (Lipinski definition) is 3. The summed E-state index contributed by atoms with van der Waals surface area (Å²) >= 11 is 0. The summed E-state index contributed by atoms with van der Waals surface area (Å²) in [5, 5.41) is 0. The number of hydrogen-bond donors (Lipinski definition) is 0. The van der Waals surface area contributed by atoms with Crippen LogP contribution in [-0.2, 0) is 14.3 Å². The molecule has 0 amide bonds. The van der Waals surface area contributed by atoms with Gasteiger partial charge in [0.2, 0.25) is 0 Å². The van der Waals surface area contributed by atoms with Gasteiger partial charge < -0.3 is 4.74 Å². The largest absolute Gasteiger partial charge is 0.463 e. The molecule has 0 aromatic rings. The van der Waals surface area contributed by atoms with Gasteiger partial charge in [-0.3, -0.25) is 9.59 Å². The Morgan fingerprint density at radius 3 is 2.58 bits per heavy atom. The first kappa shape index (κ1) is 16.6. The van der Waals surface area contributed by atoms with Crippen LogP contribution < -0.4 is 0 Å². The second kappa shape index (κ2) is 5.57. The van der Waals surface area contributed by atoms with Crippen molar-refractivity contribution in [2.75, 3.05) is 0 Å². The molecule has 0 unspecified atom stereocenters. The van der Waals surface area contributed by atoms with Crippen LogP contribution in [0.3, 0.4) is 0 Å². The number of carbonyl (C=O) groups excluding carboxylic acids is 2. The van der Waals surface area contributed by atoms with Gasteiger partial charge in [0, 0.05) is 18.8 Å². The van der Waals surface area contributed by atoms with E-state index in [0.29, 0.717) is 23.0 Å². The number of fused-ring (bicyclic) bond motifs is 5. The Balaban J connectivity index is 1.54. The quantitative estimate of drug-likeness (QED) is 0.663. The first-order valence-electron chi connectivity index (χ1n) is 10.0. The van der Waals surface area contributed by atoms with Crippen molar-refractivity contribution in [1.82, 2.24) is 0 Å². The van der Waals surface area contributed by atoms with E-state index in [-0.39, 0.29) is 17.5 Å². The molecule has 3 heteroatoms. The van der Waals surface area contributed by atoms with E-state index in [1.165, 1.54) is 32.6 Å². The molecule has 4 aliphatic carbocycles. The van der Waals surface area contributed by atoms with Crippen LogP contribution in [-0.4, -0.2) is 17.9 Å². The predicted molar refractivity (Wildman–Crippen MR) is 92.3 cm³/mol. The second-order valence-corrected chi connectivity index (χ2v) is 9.58. The Bertz CT molecular complexity index is 555. The van der Waals surface area contributed by atoms with Crippen LogP contribution in [0.4, 0.5) is 0 Å². The molecule has 0 bridgehead atoms. The molecule has 4 aliphatic rings. The molecule has 4 fully saturated rings. The second-order valence-electron chi connectivity index (χ2n) is 9.58. The molecule has 3 nitrogen and oxygen atoms in total. The molecule has 4 rings (SSSR count).